The van der Waals surface area contributed by atoms with Crippen molar-refractivity contribution in [3.8, 4) is 0 Å². The number of nitrogens with zero attached hydrogens (tertiary/aromatic N) is 1. The van der Waals surface area contributed by atoms with Crippen LogP contribution in [0.15, 0.2) is 10.6 Å². The van der Waals surface area contributed by atoms with E-state index >= 15 is 0 Å². The van der Waals surface area contributed by atoms with Crippen molar-refractivity contribution in [1.29, 1.82) is 0 Å². The molecule has 0 radical (unpaired) electrons. The van der Waals surface area contributed by atoms with Gasteiger partial charge in [-0.25, -0.2) is 4.79 Å². The van der Waals surface area contributed by atoms with E-state index in [0.717, 1.165) is 18.6 Å². The van der Waals surface area contributed by atoms with E-state index in [2.05, 4.69) is 16.8 Å². The number of esters is 1. The summed E-state index contributed by atoms with van der Waals surface area (Å²) in [6, 6.07) is 1.86. The molecule has 0 aromatic carbocycles. The number of carbonyl (C=O) groups is 1. The normalized spacial score (nSPS) is 29.3. The molecular formula is C11H16N2O3. The van der Waals surface area contributed by atoms with Crippen molar-refractivity contribution in [3.63, 3.8) is 0 Å². The van der Waals surface area contributed by atoms with Crippen LogP contribution in [-0.2, 0) is 4.74 Å². The topological polar surface area (TPSA) is 78.4 Å². The van der Waals surface area contributed by atoms with Crippen LogP contribution in [0.1, 0.15) is 41.9 Å². The van der Waals surface area contributed by atoms with Crippen LogP contribution in [0.5, 0.6) is 0 Å². The monoisotopic (exact) mass is 224 g/mol. The van der Waals surface area contributed by atoms with E-state index in [1.54, 1.807) is 6.07 Å². The Morgan fingerprint density at radius 3 is 2.94 bits per heavy atom. The van der Waals surface area contributed by atoms with E-state index in [-0.39, 0.29) is 17.7 Å². The van der Waals surface area contributed by atoms with Gasteiger partial charge in [-0.05, 0) is 18.8 Å². The summed E-state index contributed by atoms with van der Waals surface area (Å²) in [6.07, 6.45) is 1.97. The summed E-state index contributed by atoms with van der Waals surface area (Å²) in [5, 5.41) is 3.70. The van der Waals surface area contributed by atoms with Crippen LogP contribution in [0.25, 0.3) is 0 Å². The average Bonchev–Trinajstić information content (AvgIpc) is 2.87. The average molecular weight is 224 g/mol. The standard InChI is InChI=1S/C11H16N2O3/c1-6-7(3-4-8(6)12)10-5-9(13-16-10)11(14)15-2/h5-8H,3-4,12H2,1-2H3. The third kappa shape index (κ3) is 1.82. The fraction of sp³-hybridized carbons (Fsp3) is 0.636. The molecule has 16 heavy (non-hydrogen) atoms. The number of aromatic nitrogens is 1. The van der Waals surface area contributed by atoms with Crippen molar-refractivity contribution < 1.29 is 14.1 Å². The van der Waals surface area contributed by atoms with Gasteiger partial charge in [-0.1, -0.05) is 12.1 Å². The summed E-state index contributed by atoms with van der Waals surface area (Å²) >= 11 is 0. The molecule has 1 aromatic rings. The lowest BCUT2D eigenvalue weighted by Gasteiger charge is -2.14. The molecule has 0 bridgehead atoms. The Bertz CT molecular complexity index is 388. The molecule has 0 saturated heterocycles. The maximum atomic E-state index is 11.2. The van der Waals surface area contributed by atoms with Crippen LogP contribution < -0.4 is 5.73 Å². The van der Waals surface area contributed by atoms with E-state index in [0.29, 0.717) is 5.92 Å². The molecule has 2 N–H and O–H groups in total. The van der Waals surface area contributed by atoms with Gasteiger partial charge in [0.2, 0.25) is 0 Å². The molecule has 3 unspecified atom stereocenters. The highest BCUT2D eigenvalue weighted by molar-refractivity contribution is 5.86. The van der Waals surface area contributed by atoms with E-state index < -0.39 is 5.97 Å². The number of nitrogens with two attached hydrogens (primary N) is 1. The van der Waals surface area contributed by atoms with Crippen LogP contribution >= 0.6 is 0 Å². The Morgan fingerprint density at radius 1 is 1.62 bits per heavy atom. The van der Waals surface area contributed by atoms with Gasteiger partial charge in [-0.2, -0.15) is 0 Å². The molecule has 1 aliphatic carbocycles. The molecular weight excluding hydrogens is 208 g/mol. The van der Waals surface area contributed by atoms with Crippen molar-refractivity contribution in [2.75, 3.05) is 7.11 Å². The fourth-order valence-electron chi connectivity index (χ4n) is 2.26. The largest absolute Gasteiger partial charge is 0.464 e. The van der Waals surface area contributed by atoms with Gasteiger partial charge < -0.3 is 15.0 Å². The van der Waals surface area contributed by atoms with E-state index in [1.807, 2.05) is 0 Å². The van der Waals surface area contributed by atoms with Crippen molar-refractivity contribution in [2.45, 2.75) is 31.7 Å². The first-order chi connectivity index (χ1) is 7.63. The fourth-order valence-corrected chi connectivity index (χ4v) is 2.26. The molecule has 1 fully saturated rings. The third-order valence-electron chi connectivity index (χ3n) is 3.41. The maximum Gasteiger partial charge on any atom is 0.360 e. The molecule has 0 aliphatic heterocycles. The molecule has 0 spiro atoms. The van der Waals surface area contributed by atoms with Gasteiger partial charge in [0.15, 0.2) is 5.69 Å². The van der Waals surface area contributed by atoms with Gasteiger partial charge in [0.05, 0.1) is 7.11 Å². The van der Waals surface area contributed by atoms with E-state index in [1.165, 1.54) is 7.11 Å². The molecule has 3 atom stereocenters. The summed E-state index contributed by atoms with van der Waals surface area (Å²) in [5.74, 6) is 0.894. The minimum atomic E-state index is -0.468. The predicted molar refractivity (Wildman–Crippen MR) is 57.0 cm³/mol. The van der Waals surface area contributed by atoms with Gasteiger partial charge in [-0.15, -0.1) is 0 Å². The van der Waals surface area contributed by atoms with Gasteiger partial charge in [0.25, 0.3) is 0 Å². The van der Waals surface area contributed by atoms with Crippen LogP contribution in [0.4, 0.5) is 0 Å². The highest BCUT2D eigenvalue weighted by atomic mass is 16.5. The molecule has 5 nitrogen and oxygen atoms in total. The lowest BCUT2D eigenvalue weighted by atomic mass is 9.93. The molecule has 1 saturated carbocycles. The lowest BCUT2D eigenvalue weighted by Crippen LogP contribution is -2.24. The second kappa shape index (κ2) is 4.25. The smallest absolute Gasteiger partial charge is 0.360 e. The first-order valence-corrected chi connectivity index (χ1v) is 5.44. The molecule has 5 heteroatoms. The van der Waals surface area contributed by atoms with E-state index in [9.17, 15) is 4.79 Å². The van der Waals surface area contributed by atoms with Crippen LogP contribution in [-0.4, -0.2) is 24.3 Å². The SMILES string of the molecule is COC(=O)c1cc(C2CCC(N)C2C)on1. The van der Waals surface area contributed by atoms with Crippen molar-refractivity contribution in [2.24, 2.45) is 11.7 Å². The van der Waals surface area contributed by atoms with E-state index in [4.69, 9.17) is 10.3 Å². The zero-order valence-electron chi connectivity index (χ0n) is 9.47. The summed E-state index contributed by atoms with van der Waals surface area (Å²) in [5.41, 5.74) is 6.17. The Balaban J connectivity index is 2.16. The molecule has 88 valence electrons. The number of hydrogen-bond acceptors (Lipinski definition) is 5. The first-order valence-electron chi connectivity index (χ1n) is 5.44. The van der Waals surface area contributed by atoms with Crippen LogP contribution in [0, 0.1) is 5.92 Å². The highest BCUT2D eigenvalue weighted by Gasteiger charge is 2.34. The maximum absolute atomic E-state index is 11.2. The lowest BCUT2D eigenvalue weighted by molar-refractivity contribution is 0.0589. The number of rotatable bonds is 2. The highest BCUT2D eigenvalue weighted by Crippen LogP contribution is 2.38. The minimum Gasteiger partial charge on any atom is -0.464 e. The van der Waals surface area contributed by atoms with Crippen LogP contribution in [0.3, 0.4) is 0 Å². The zero-order chi connectivity index (χ0) is 11.7. The third-order valence-corrected chi connectivity index (χ3v) is 3.41. The number of ether oxygens (including phenoxy) is 1. The second-order valence-corrected chi connectivity index (χ2v) is 4.31. The quantitative estimate of drug-likeness (QED) is 0.766. The van der Waals surface area contributed by atoms with Gasteiger partial charge in [-0.3, -0.25) is 0 Å². The molecule has 2 rings (SSSR count). The number of methoxy groups -OCH3 is 1. The summed E-state index contributed by atoms with van der Waals surface area (Å²) in [4.78, 5) is 11.2. The predicted octanol–water partition coefficient (Wildman–Crippen LogP) is 1.30. The summed E-state index contributed by atoms with van der Waals surface area (Å²) in [7, 11) is 1.32. The molecule has 1 aromatic heterocycles. The number of carbonyl (C=O) groups excluding carboxylic acids is 1. The van der Waals surface area contributed by atoms with Gasteiger partial charge in [0, 0.05) is 18.0 Å². The Morgan fingerprint density at radius 2 is 2.38 bits per heavy atom. The number of hydrogen-bond donors (Lipinski definition) is 1. The minimum absolute atomic E-state index is 0.205. The Labute approximate surface area is 93.9 Å². The van der Waals surface area contributed by atoms with Crippen molar-refractivity contribution in [3.05, 3.63) is 17.5 Å². The van der Waals surface area contributed by atoms with Crippen LogP contribution in [0.2, 0.25) is 0 Å². The first kappa shape index (κ1) is 11.1. The molecule has 0 amide bonds. The summed E-state index contributed by atoms with van der Waals surface area (Å²) < 4.78 is 9.76. The summed E-state index contributed by atoms with van der Waals surface area (Å²) in [6.45, 7) is 2.10. The zero-order valence-corrected chi connectivity index (χ0v) is 9.47. The molecule has 1 heterocycles. The van der Waals surface area contributed by atoms with Gasteiger partial charge in [0.1, 0.15) is 5.76 Å². The van der Waals surface area contributed by atoms with Crippen molar-refractivity contribution in [1.82, 2.24) is 5.16 Å². The van der Waals surface area contributed by atoms with Gasteiger partial charge >= 0.3 is 5.97 Å². The Hall–Kier alpha value is -1.36. The molecule has 1 aliphatic rings. The second-order valence-electron chi connectivity index (χ2n) is 4.31. The Kier molecular flexibility index (Phi) is 2.96. The van der Waals surface area contributed by atoms with Crippen molar-refractivity contribution >= 4 is 5.97 Å².